The van der Waals surface area contributed by atoms with Gasteiger partial charge in [-0.15, -0.1) is 0 Å². The maximum atomic E-state index is 10.9. The molecule has 536 valence electrons. The van der Waals surface area contributed by atoms with Gasteiger partial charge in [0.25, 0.3) is 22.7 Å². The number of hydrogen-bond donors (Lipinski definition) is 0. The van der Waals surface area contributed by atoms with Crippen LogP contribution >= 0.6 is 0 Å². The molecule has 0 aliphatic heterocycles. The Morgan fingerprint density at radius 2 is 0.537 bits per heavy atom. The van der Waals surface area contributed by atoms with Crippen molar-refractivity contribution in [3.05, 3.63) is 409 Å². The Balaban J connectivity index is 0.000000150. The fourth-order valence-corrected chi connectivity index (χ4v) is 11.2. The van der Waals surface area contributed by atoms with Gasteiger partial charge in [-0.2, -0.15) is 5.26 Å². The fraction of sp³-hybridized carbons (Fsp3) is 0.0682. The SMILES string of the molecule is CN(c1ccc([N+](=O)[O-])cc1)c1cccc2ccccc12.CN(c1cccc([N+](=O)[O-])c1)c1cccc2ccccc12.CN(c1ccccc1)c1ccc(C#N)cc1.CN(c1ccccc1)c1ccc([N+](=O)[O-])cc1.CN(c1ccccc1)c1cccc([N+](=O)[O-])c1.[C-]#[N+]c1cccc(N(C)c2ccccc2)c1. The average Bonchev–Trinajstić information content (AvgIpc) is 0.802. The van der Waals surface area contributed by atoms with E-state index in [1.54, 1.807) is 48.5 Å². The zero-order valence-corrected chi connectivity index (χ0v) is 60.1. The Hall–Kier alpha value is -15.0. The lowest BCUT2D eigenvalue weighted by Gasteiger charge is -2.21. The number of nitrogens with zero attached hydrogens (tertiary/aromatic N) is 12. The van der Waals surface area contributed by atoms with E-state index in [2.05, 4.69) is 69.2 Å². The van der Waals surface area contributed by atoms with Crippen molar-refractivity contribution in [1.29, 1.82) is 5.26 Å². The first-order chi connectivity index (χ1) is 52.3. The Morgan fingerprint density at radius 3 is 0.889 bits per heavy atom. The molecule has 0 atom stereocenters. The molecule has 0 aromatic heterocycles. The van der Waals surface area contributed by atoms with Crippen LogP contribution in [0.2, 0.25) is 0 Å². The predicted molar refractivity (Wildman–Crippen MR) is 438 cm³/mol. The molecule has 0 saturated carbocycles. The molecule has 14 aromatic carbocycles. The number of para-hydroxylation sites is 4. The molecule has 0 bridgehead atoms. The van der Waals surface area contributed by atoms with Crippen molar-refractivity contribution in [3.63, 3.8) is 0 Å². The molecule has 0 fully saturated rings. The summed E-state index contributed by atoms with van der Waals surface area (Å²) in [5.41, 5.74) is 13.7. The third-order valence-electron chi connectivity index (χ3n) is 17.3. The molecule has 0 unspecified atom stereocenters. The smallest absolute Gasteiger partial charge is 0.271 e. The number of hydrogen-bond acceptors (Lipinski definition) is 15. The van der Waals surface area contributed by atoms with Crippen LogP contribution in [0.4, 0.5) is 96.7 Å². The van der Waals surface area contributed by atoms with Crippen LogP contribution < -0.4 is 29.4 Å². The van der Waals surface area contributed by atoms with Crippen molar-refractivity contribution in [1.82, 2.24) is 0 Å². The highest BCUT2D eigenvalue weighted by atomic mass is 16.6. The van der Waals surface area contributed by atoms with Gasteiger partial charge < -0.3 is 29.4 Å². The van der Waals surface area contributed by atoms with Gasteiger partial charge in [-0.05, 0) is 144 Å². The summed E-state index contributed by atoms with van der Waals surface area (Å²) in [4.78, 5) is 56.8. The summed E-state index contributed by atoms with van der Waals surface area (Å²) < 4.78 is 0. The van der Waals surface area contributed by atoms with Gasteiger partial charge in [-0.3, -0.25) is 40.5 Å². The average molecular weight is 1430 g/mol. The van der Waals surface area contributed by atoms with Crippen LogP contribution in [0, 0.1) is 58.4 Å². The van der Waals surface area contributed by atoms with E-state index in [0.29, 0.717) is 11.3 Å². The van der Waals surface area contributed by atoms with Gasteiger partial charge in [-0.1, -0.05) is 170 Å². The lowest BCUT2D eigenvalue weighted by atomic mass is 10.1. The second-order valence-corrected chi connectivity index (χ2v) is 24.1. The van der Waals surface area contributed by atoms with Crippen molar-refractivity contribution in [2.75, 3.05) is 71.7 Å². The number of benzene rings is 14. The highest BCUT2D eigenvalue weighted by Gasteiger charge is 2.15. The third kappa shape index (κ3) is 21.1. The van der Waals surface area contributed by atoms with Crippen molar-refractivity contribution < 1.29 is 19.7 Å². The molecule has 14 aromatic rings. The van der Waals surface area contributed by atoms with E-state index < -0.39 is 4.92 Å². The number of non-ortho nitro benzene ring substituents is 4. The Bertz CT molecular complexity index is 5370. The lowest BCUT2D eigenvalue weighted by Crippen LogP contribution is -2.10. The number of nitro groups is 4. The molecule has 0 spiro atoms. The Kier molecular flexibility index (Phi) is 27.4. The van der Waals surface area contributed by atoms with E-state index in [4.69, 9.17) is 11.8 Å². The van der Waals surface area contributed by atoms with Crippen molar-refractivity contribution in [2.24, 2.45) is 0 Å². The normalized spacial score (nSPS) is 10.0. The molecule has 20 nitrogen and oxygen atoms in total. The Morgan fingerprint density at radius 1 is 0.278 bits per heavy atom. The van der Waals surface area contributed by atoms with Gasteiger partial charge in [0.2, 0.25) is 0 Å². The number of rotatable bonds is 16. The summed E-state index contributed by atoms with van der Waals surface area (Å²) in [6.07, 6.45) is 0. The van der Waals surface area contributed by atoms with Crippen LogP contribution in [-0.4, -0.2) is 62.0 Å². The molecule has 0 aliphatic rings. The summed E-state index contributed by atoms with van der Waals surface area (Å²) in [6.45, 7) is 6.99. The third-order valence-corrected chi connectivity index (χ3v) is 17.3. The van der Waals surface area contributed by atoms with E-state index in [1.165, 1.54) is 41.8 Å². The molecular weight excluding hydrogens is 1350 g/mol. The maximum Gasteiger partial charge on any atom is 0.271 e. The number of nitriles is 1. The predicted octanol–water partition coefficient (Wildman–Crippen LogP) is 23.1. The van der Waals surface area contributed by atoms with Crippen molar-refractivity contribution in [2.45, 2.75) is 0 Å². The molecule has 14 rings (SSSR count). The number of anilines is 12. The summed E-state index contributed by atoms with van der Waals surface area (Å²) in [6, 6.07) is 112. The van der Waals surface area contributed by atoms with Crippen LogP contribution in [0.25, 0.3) is 26.4 Å². The minimum atomic E-state index is -0.397. The van der Waals surface area contributed by atoms with Gasteiger partial charge >= 0.3 is 0 Å². The molecule has 0 saturated heterocycles. The molecule has 0 N–H and O–H groups in total. The lowest BCUT2D eigenvalue weighted by molar-refractivity contribution is -0.385. The zero-order valence-electron chi connectivity index (χ0n) is 60.1. The first-order valence-corrected chi connectivity index (χ1v) is 33.9. The van der Waals surface area contributed by atoms with Gasteiger partial charge in [0, 0.05) is 170 Å². The highest BCUT2D eigenvalue weighted by Crippen LogP contribution is 2.36. The first-order valence-electron chi connectivity index (χ1n) is 33.9. The number of fused-ring (bicyclic) bond motifs is 2. The first kappa shape index (κ1) is 77.1. The van der Waals surface area contributed by atoms with Crippen LogP contribution in [0.5, 0.6) is 0 Å². The molecule has 20 heteroatoms. The maximum absolute atomic E-state index is 10.9. The fourth-order valence-electron chi connectivity index (χ4n) is 11.2. The van der Waals surface area contributed by atoms with E-state index in [-0.39, 0.29) is 37.5 Å². The van der Waals surface area contributed by atoms with Crippen molar-refractivity contribution in [3.8, 4) is 6.07 Å². The molecule has 0 radical (unpaired) electrons. The summed E-state index contributed by atoms with van der Waals surface area (Å²) >= 11 is 0. The van der Waals surface area contributed by atoms with Crippen LogP contribution in [-0.2, 0) is 0 Å². The van der Waals surface area contributed by atoms with Crippen LogP contribution in [0.15, 0.2) is 352 Å². The van der Waals surface area contributed by atoms with Crippen molar-refractivity contribution >= 4 is 118 Å². The molecular formula is C88H76N12O8. The molecule has 0 amide bonds. The second kappa shape index (κ2) is 38.3. The standard InChI is InChI=1S/2C17H14N2O2.2C14H12N2.2C13H12N2O2/c1-18(14-8-5-9-15(12-14)19(20)21)17-11-4-7-13-6-2-3-10-16(13)17;1-18(14-9-11-15(12-10-14)19(20)21)17-8-4-6-13-5-2-3-7-16(13)17;1-15-12-7-6-10-14(11-12)16(2)13-8-4-3-5-9-13;1-16(13-5-3-2-4-6-13)14-9-7-12(11-15)8-10-14;1-14(11-6-3-2-4-7-11)12-8-5-9-13(10-12)15(16)17;1-14(11-5-3-2-4-6-11)12-7-9-13(10-8-12)15(16)17/h2*2-12H,1H3;3-11H,2H3;2-10H,1H3;2*2-10H,1H3. The van der Waals surface area contributed by atoms with Gasteiger partial charge in [0.15, 0.2) is 5.69 Å². The quantitative estimate of drug-likeness (QED) is 0.0499. The molecule has 0 aliphatic carbocycles. The van der Waals surface area contributed by atoms with E-state index in [1.807, 2.05) is 280 Å². The second-order valence-electron chi connectivity index (χ2n) is 24.1. The summed E-state index contributed by atoms with van der Waals surface area (Å²) in [7, 11) is 11.7. The monoisotopic (exact) mass is 1430 g/mol. The van der Waals surface area contributed by atoms with Gasteiger partial charge in [-0.25, -0.2) is 4.85 Å². The highest BCUT2D eigenvalue weighted by molar-refractivity contribution is 5.97. The summed E-state index contributed by atoms with van der Waals surface area (Å²) in [5, 5.41) is 56.2. The minimum Gasteiger partial charge on any atom is -0.346 e. The Labute approximate surface area is 627 Å². The van der Waals surface area contributed by atoms with E-state index in [9.17, 15) is 40.5 Å². The topological polar surface area (TPSA) is 220 Å². The van der Waals surface area contributed by atoms with E-state index in [0.717, 1.165) is 84.4 Å². The van der Waals surface area contributed by atoms with Crippen LogP contribution in [0.3, 0.4) is 0 Å². The van der Waals surface area contributed by atoms with E-state index >= 15 is 0 Å². The van der Waals surface area contributed by atoms with Crippen LogP contribution in [0.1, 0.15) is 5.56 Å². The minimum absolute atomic E-state index is 0.0968. The largest absolute Gasteiger partial charge is 0.346 e. The van der Waals surface area contributed by atoms with Gasteiger partial charge in [0.1, 0.15) is 0 Å². The zero-order chi connectivity index (χ0) is 76.9. The van der Waals surface area contributed by atoms with Gasteiger partial charge in [0.05, 0.1) is 37.9 Å². The molecule has 108 heavy (non-hydrogen) atoms. The summed E-state index contributed by atoms with van der Waals surface area (Å²) in [5.74, 6) is 0. The molecule has 0 heterocycles. The number of nitro benzene ring substituents is 4.